The number of rotatable bonds is 5. The fraction of sp³-hybridized carbons (Fsp3) is 0.583. The van der Waals surface area contributed by atoms with Gasteiger partial charge in [-0.1, -0.05) is 6.07 Å². The summed E-state index contributed by atoms with van der Waals surface area (Å²) in [5.74, 6) is 0. The van der Waals surface area contributed by atoms with E-state index in [2.05, 4.69) is 10.3 Å². The SMILES string of the molecule is CNC(Cc1cccnc1)C(C)(C)S(C)(=O)=O. The van der Waals surface area contributed by atoms with Crippen LogP contribution in [0.1, 0.15) is 19.4 Å². The molecule has 0 saturated carbocycles. The topological polar surface area (TPSA) is 59.1 Å². The summed E-state index contributed by atoms with van der Waals surface area (Å²) in [7, 11) is -1.33. The van der Waals surface area contributed by atoms with Crippen LogP contribution in [0, 0.1) is 0 Å². The molecule has 1 aromatic heterocycles. The number of hydrogen-bond donors (Lipinski definition) is 1. The molecule has 0 amide bonds. The molecule has 1 unspecified atom stereocenters. The molecular weight excluding hydrogens is 236 g/mol. The third-order valence-corrected chi connectivity index (χ3v) is 5.50. The van der Waals surface area contributed by atoms with Gasteiger partial charge in [0, 0.05) is 24.7 Å². The van der Waals surface area contributed by atoms with Gasteiger partial charge in [-0.2, -0.15) is 0 Å². The Morgan fingerprint density at radius 3 is 2.53 bits per heavy atom. The van der Waals surface area contributed by atoms with Gasteiger partial charge in [-0.3, -0.25) is 4.98 Å². The summed E-state index contributed by atoms with van der Waals surface area (Å²) >= 11 is 0. The Labute approximate surface area is 103 Å². The number of nitrogens with zero attached hydrogens (tertiary/aromatic N) is 1. The molecule has 0 spiro atoms. The van der Waals surface area contributed by atoms with Gasteiger partial charge in [0.15, 0.2) is 9.84 Å². The summed E-state index contributed by atoms with van der Waals surface area (Å²) in [5, 5.41) is 3.09. The fourth-order valence-corrected chi connectivity index (χ4v) is 2.43. The molecule has 0 aliphatic rings. The predicted molar refractivity (Wildman–Crippen MR) is 69.7 cm³/mol. The van der Waals surface area contributed by atoms with Gasteiger partial charge in [0.1, 0.15) is 0 Å². The molecule has 1 atom stereocenters. The molecule has 1 rings (SSSR count). The Morgan fingerprint density at radius 1 is 1.47 bits per heavy atom. The molecule has 96 valence electrons. The number of sulfone groups is 1. The molecule has 5 heteroatoms. The first-order valence-corrected chi connectivity index (χ1v) is 7.44. The standard InChI is InChI=1S/C12H20N2O2S/c1-12(2,17(4,15)16)11(13-3)8-10-6-5-7-14-9-10/h5-7,9,11,13H,8H2,1-4H3. The summed E-state index contributed by atoms with van der Waals surface area (Å²) in [6, 6.07) is 3.67. The molecule has 0 radical (unpaired) electrons. The van der Waals surface area contributed by atoms with E-state index >= 15 is 0 Å². The number of likely N-dealkylation sites (N-methyl/N-ethyl adjacent to an activating group) is 1. The van der Waals surface area contributed by atoms with Crippen LogP contribution in [0.3, 0.4) is 0 Å². The fourth-order valence-electron chi connectivity index (χ4n) is 1.71. The van der Waals surface area contributed by atoms with Gasteiger partial charge in [0.2, 0.25) is 0 Å². The van der Waals surface area contributed by atoms with Crippen molar-refractivity contribution in [3.63, 3.8) is 0 Å². The first-order chi connectivity index (χ1) is 7.79. The lowest BCUT2D eigenvalue weighted by Crippen LogP contribution is -2.51. The molecule has 1 N–H and O–H groups in total. The molecule has 0 aliphatic carbocycles. The van der Waals surface area contributed by atoms with E-state index in [1.54, 1.807) is 33.3 Å². The highest BCUT2D eigenvalue weighted by Crippen LogP contribution is 2.22. The van der Waals surface area contributed by atoms with Crippen LogP contribution >= 0.6 is 0 Å². The normalized spacial score (nSPS) is 14.6. The molecule has 0 bridgehead atoms. The minimum Gasteiger partial charge on any atom is -0.315 e. The zero-order valence-electron chi connectivity index (χ0n) is 10.8. The highest BCUT2D eigenvalue weighted by atomic mass is 32.2. The average Bonchev–Trinajstić information content (AvgIpc) is 2.25. The van der Waals surface area contributed by atoms with Crippen molar-refractivity contribution in [2.24, 2.45) is 0 Å². The van der Waals surface area contributed by atoms with E-state index in [0.717, 1.165) is 5.56 Å². The van der Waals surface area contributed by atoms with E-state index in [0.29, 0.717) is 6.42 Å². The second-order valence-corrected chi connectivity index (χ2v) is 7.38. The molecule has 0 aromatic carbocycles. The minimum atomic E-state index is -3.12. The quantitative estimate of drug-likeness (QED) is 0.855. The van der Waals surface area contributed by atoms with E-state index in [1.807, 2.05) is 12.1 Å². The number of pyridine rings is 1. The van der Waals surface area contributed by atoms with E-state index in [1.165, 1.54) is 6.26 Å². The summed E-state index contributed by atoms with van der Waals surface area (Å²) in [4.78, 5) is 4.04. The summed E-state index contributed by atoms with van der Waals surface area (Å²) in [6.45, 7) is 3.50. The van der Waals surface area contributed by atoms with Crippen LogP contribution in [0.4, 0.5) is 0 Å². The lowest BCUT2D eigenvalue weighted by atomic mass is 9.96. The van der Waals surface area contributed by atoms with E-state index in [9.17, 15) is 8.42 Å². The van der Waals surface area contributed by atoms with E-state index in [-0.39, 0.29) is 6.04 Å². The van der Waals surface area contributed by atoms with Crippen LogP contribution in [-0.2, 0) is 16.3 Å². The van der Waals surface area contributed by atoms with Crippen molar-refractivity contribution < 1.29 is 8.42 Å². The Balaban J connectivity index is 2.94. The second-order valence-electron chi connectivity index (χ2n) is 4.78. The molecular formula is C12H20N2O2S. The van der Waals surface area contributed by atoms with Gasteiger partial charge in [0.05, 0.1) is 4.75 Å². The molecule has 0 saturated heterocycles. The summed E-state index contributed by atoms with van der Waals surface area (Å²) in [6.07, 6.45) is 5.40. The third-order valence-electron chi connectivity index (χ3n) is 3.31. The van der Waals surface area contributed by atoms with Crippen molar-refractivity contribution in [1.82, 2.24) is 10.3 Å². The second kappa shape index (κ2) is 5.14. The third kappa shape index (κ3) is 3.26. The van der Waals surface area contributed by atoms with Crippen LogP contribution in [0.15, 0.2) is 24.5 Å². The van der Waals surface area contributed by atoms with Crippen molar-refractivity contribution >= 4 is 9.84 Å². The Hall–Kier alpha value is -0.940. The van der Waals surface area contributed by atoms with Crippen LogP contribution < -0.4 is 5.32 Å². The molecule has 1 heterocycles. The maximum atomic E-state index is 11.8. The molecule has 0 fully saturated rings. The van der Waals surface area contributed by atoms with E-state index in [4.69, 9.17) is 0 Å². The minimum absolute atomic E-state index is 0.137. The van der Waals surface area contributed by atoms with Gasteiger partial charge in [-0.05, 0) is 38.9 Å². The zero-order valence-corrected chi connectivity index (χ0v) is 11.6. The number of aromatic nitrogens is 1. The Bertz CT molecular complexity index is 455. The Morgan fingerprint density at radius 2 is 2.12 bits per heavy atom. The summed E-state index contributed by atoms with van der Waals surface area (Å²) < 4.78 is 22.8. The van der Waals surface area contributed by atoms with Gasteiger partial charge in [0.25, 0.3) is 0 Å². The van der Waals surface area contributed by atoms with Crippen molar-refractivity contribution in [2.45, 2.75) is 31.1 Å². The van der Waals surface area contributed by atoms with Crippen LogP contribution in [0.5, 0.6) is 0 Å². The van der Waals surface area contributed by atoms with E-state index < -0.39 is 14.6 Å². The first-order valence-electron chi connectivity index (χ1n) is 5.55. The molecule has 17 heavy (non-hydrogen) atoms. The highest BCUT2D eigenvalue weighted by Gasteiger charge is 2.38. The maximum absolute atomic E-state index is 11.8. The van der Waals surface area contributed by atoms with Crippen LogP contribution in [0.25, 0.3) is 0 Å². The summed E-state index contributed by atoms with van der Waals surface area (Å²) in [5.41, 5.74) is 1.03. The van der Waals surface area contributed by atoms with Crippen molar-refractivity contribution in [3.05, 3.63) is 30.1 Å². The average molecular weight is 256 g/mol. The zero-order chi connectivity index (χ0) is 13.1. The van der Waals surface area contributed by atoms with Crippen LogP contribution in [-0.4, -0.2) is 37.5 Å². The largest absolute Gasteiger partial charge is 0.315 e. The van der Waals surface area contributed by atoms with Crippen molar-refractivity contribution in [1.29, 1.82) is 0 Å². The van der Waals surface area contributed by atoms with Gasteiger partial charge >= 0.3 is 0 Å². The molecule has 1 aromatic rings. The molecule has 0 aliphatic heterocycles. The Kier molecular flexibility index (Phi) is 4.27. The highest BCUT2D eigenvalue weighted by molar-refractivity contribution is 7.92. The smallest absolute Gasteiger partial charge is 0.154 e. The first kappa shape index (κ1) is 14.1. The lowest BCUT2D eigenvalue weighted by Gasteiger charge is -2.32. The van der Waals surface area contributed by atoms with Crippen molar-refractivity contribution in [3.8, 4) is 0 Å². The molecule has 4 nitrogen and oxygen atoms in total. The number of hydrogen-bond acceptors (Lipinski definition) is 4. The number of nitrogens with one attached hydrogen (secondary N) is 1. The lowest BCUT2D eigenvalue weighted by molar-refractivity contribution is 0.430. The van der Waals surface area contributed by atoms with Crippen molar-refractivity contribution in [2.75, 3.05) is 13.3 Å². The van der Waals surface area contributed by atoms with Crippen LogP contribution in [0.2, 0.25) is 0 Å². The van der Waals surface area contributed by atoms with Gasteiger partial charge in [-0.15, -0.1) is 0 Å². The maximum Gasteiger partial charge on any atom is 0.154 e. The van der Waals surface area contributed by atoms with Gasteiger partial charge < -0.3 is 5.32 Å². The monoisotopic (exact) mass is 256 g/mol. The predicted octanol–water partition coefficient (Wildman–Crippen LogP) is 1.04. The van der Waals surface area contributed by atoms with Gasteiger partial charge in [-0.25, -0.2) is 8.42 Å².